The van der Waals surface area contributed by atoms with E-state index in [-0.39, 0.29) is 21.1 Å². The van der Waals surface area contributed by atoms with Gasteiger partial charge in [0.15, 0.2) is 5.82 Å². The van der Waals surface area contributed by atoms with Gasteiger partial charge in [0.05, 0.1) is 10.9 Å². The van der Waals surface area contributed by atoms with E-state index in [4.69, 9.17) is 4.74 Å². The van der Waals surface area contributed by atoms with Crippen molar-refractivity contribution >= 4 is 10.9 Å². The van der Waals surface area contributed by atoms with E-state index in [0.717, 1.165) is 28.0 Å². The van der Waals surface area contributed by atoms with Crippen LogP contribution in [0.3, 0.4) is 0 Å². The number of nitrogens with zero attached hydrogens (tertiary/aromatic N) is 4. The Morgan fingerprint density at radius 2 is 1.69 bits per heavy atom. The fourth-order valence-corrected chi connectivity index (χ4v) is 3.04. The molecule has 0 aliphatic heterocycles. The largest absolute Gasteiger partial charge is 0.419 e. The zero-order valence-corrected chi connectivity index (χ0v) is 17.4. The predicted molar refractivity (Wildman–Crippen MR) is 107 cm³/mol. The van der Waals surface area contributed by atoms with Crippen LogP contribution < -0.4 is 4.74 Å². The number of benzene rings is 2. The van der Waals surface area contributed by atoms with Gasteiger partial charge in [0.25, 0.3) is 0 Å². The molecule has 0 unspecified atom stereocenters. The molecule has 3 heterocycles. The fraction of sp³-hybridized carbons (Fsp3) is 0. The Kier molecular flexibility index (Phi) is 5.50. The van der Waals surface area contributed by atoms with Gasteiger partial charge in [0.2, 0.25) is 11.8 Å². The van der Waals surface area contributed by atoms with Crippen molar-refractivity contribution in [3.05, 3.63) is 97.2 Å². The smallest absolute Gasteiger partial charge is 0.248 e. The molecule has 0 fully saturated rings. The number of fused-ring (bicyclic) bond motifs is 1. The molecule has 0 spiro atoms. The maximum atomic E-state index is 6.07. The zero-order valence-electron chi connectivity index (χ0n) is 15.2. The molecule has 0 aliphatic carbocycles. The summed E-state index contributed by atoms with van der Waals surface area (Å²) in [6.45, 7) is 0. The summed E-state index contributed by atoms with van der Waals surface area (Å²) in [4.78, 5) is 9.01. The standard InChI is InChI=1S/C23H15N4O.Pt/c1-2-9-17(10-3-1)19-12-8-15-22(25-19)28-23-18-11-4-5-13-20(18)27(26-23)21-14-6-7-16-24-21;/h1-9,11-16H;/q-1;. The van der Waals surface area contributed by atoms with Gasteiger partial charge in [-0.3, -0.25) is 4.98 Å². The Hall–Kier alpha value is -3.30. The summed E-state index contributed by atoms with van der Waals surface area (Å²) in [7, 11) is 0. The molecule has 5 rings (SSSR count). The molecule has 0 radical (unpaired) electrons. The van der Waals surface area contributed by atoms with Crippen LogP contribution in [0.25, 0.3) is 28.0 Å². The van der Waals surface area contributed by atoms with Gasteiger partial charge in [0.1, 0.15) is 0 Å². The summed E-state index contributed by atoms with van der Waals surface area (Å²) < 4.78 is 7.85. The summed E-state index contributed by atoms with van der Waals surface area (Å²) in [5, 5.41) is 5.54. The molecule has 6 heteroatoms. The van der Waals surface area contributed by atoms with Crippen molar-refractivity contribution in [2.24, 2.45) is 0 Å². The molecule has 5 aromatic rings. The molecule has 29 heavy (non-hydrogen) atoms. The van der Waals surface area contributed by atoms with Gasteiger partial charge in [-0.25, -0.2) is 9.67 Å². The normalized spacial score (nSPS) is 10.5. The molecular weight excluding hydrogens is 543 g/mol. The number of pyridine rings is 2. The van der Waals surface area contributed by atoms with Crippen molar-refractivity contribution in [2.45, 2.75) is 0 Å². The van der Waals surface area contributed by atoms with Crippen LogP contribution in [0.1, 0.15) is 0 Å². The van der Waals surface area contributed by atoms with Gasteiger partial charge >= 0.3 is 0 Å². The third-order valence-electron chi connectivity index (χ3n) is 4.33. The Morgan fingerprint density at radius 3 is 2.52 bits per heavy atom. The molecule has 2 aromatic carbocycles. The zero-order chi connectivity index (χ0) is 18.8. The average molecular weight is 558 g/mol. The summed E-state index contributed by atoms with van der Waals surface area (Å²) in [5.41, 5.74) is 2.63. The van der Waals surface area contributed by atoms with Crippen molar-refractivity contribution in [3.8, 4) is 28.8 Å². The van der Waals surface area contributed by atoms with Crippen molar-refractivity contribution in [1.29, 1.82) is 0 Å². The third kappa shape index (κ3) is 3.82. The van der Waals surface area contributed by atoms with Gasteiger partial charge < -0.3 is 4.74 Å². The van der Waals surface area contributed by atoms with Crippen LogP contribution in [0.2, 0.25) is 0 Å². The minimum Gasteiger partial charge on any atom is -0.419 e. The number of rotatable bonds is 4. The van der Waals surface area contributed by atoms with Crippen LogP contribution >= 0.6 is 0 Å². The van der Waals surface area contributed by atoms with E-state index in [1.807, 2.05) is 84.9 Å². The molecular formula is C23H15N4OPt-. The average Bonchev–Trinajstić information content (AvgIpc) is 3.14. The third-order valence-corrected chi connectivity index (χ3v) is 4.33. The molecule has 144 valence electrons. The fourth-order valence-electron chi connectivity index (χ4n) is 3.04. The molecule has 0 aliphatic rings. The number of hydrogen-bond acceptors (Lipinski definition) is 4. The second kappa shape index (κ2) is 8.37. The minimum absolute atomic E-state index is 0. The number of ether oxygens (including phenoxy) is 1. The van der Waals surface area contributed by atoms with E-state index in [1.165, 1.54) is 0 Å². The maximum Gasteiger partial charge on any atom is 0.248 e. The topological polar surface area (TPSA) is 52.8 Å². The van der Waals surface area contributed by atoms with E-state index in [2.05, 4.69) is 21.1 Å². The van der Waals surface area contributed by atoms with Crippen LogP contribution in [0.15, 0.2) is 91.1 Å². The van der Waals surface area contributed by atoms with Crippen molar-refractivity contribution in [1.82, 2.24) is 19.7 Å². The quantitative estimate of drug-likeness (QED) is 0.289. The van der Waals surface area contributed by atoms with Crippen LogP contribution in [0, 0.1) is 6.07 Å². The monoisotopic (exact) mass is 558 g/mol. The van der Waals surface area contributed by atoms with E-state index >= 15 is 0 Å². The second-order valence-electron chi connectivity index (χ2n) is 6.16. The first-order valence-corrected chi connectivity index (χ1v) is 8.90. The van der Waals surface area contributed by atoms with E-state index in [0.29, 0.717) is 11.8 Å². The molecule has 0 saturated heterocycles. The Bertz CT molecular complexity index is 1240. The number of para-hydroxylation sites is 1. The van der Waals surface area contributed by atoms with Gasteiger partial charge in [-0.15, -0.1) is 41.0 Å². The molecule has 3 aromatic heterocycles. The van der Waals surface area contributed by atoms with Crippen LogP contribution in [-0.2, 0) is 21.1 Å². The van der Waals surface area contributed by atoms with E-state index in [1.54, 1.807) is 10.9 Å². The summed E-state index contributed by atoms with van der Waals surface area (Å²) in [6, 6.07) is 30.2. The minimum atomic E-state index is 0. The van der Waals surface area contributed by atoms with Crippen LogP contribution in [0.4, 0.5) is 0 Å². The number of aromatic nitrogens is 4. The Balaban J connectivity index is 0.00000205. The molecule has 0 bridgehead atoms. The first-order valence-electron chi connectivity index (χ1n) is 8.90. The van der Waals surface area contributed by atoms with Crippen LogP contribution in [-0.4, -0.2) is 19.7 Å². The molecule has 0 amide bonds. The first-order chi connectivity index (χ1) is 13.9. The number of hydrogen-bond donors (Lipinski definition) is 0. The van der Waals surface area contributed by atoms with E-state index < -0.39 is 0 Å². The van der Waals surface area contributed by atoms with Crippen molar-refractivity contribution in [2.75, 3.05) is 0 Å². The van der Waals surface area contributed by atoms with Crippen molar-refractivity contribution in [3.63, 3.8) is 0 Å². The predicted octanol–water partition coefficient (Wildman–Crippen LogP) is 5.07. The summed E-state index contributed by atoms with van der Waals surface area (Å²) in [5.74, 6) is 1.70. The molecule has 0 saturated carbocycles. The summed E-state index contributed by atoms with van der Waals surface area (Å²) in [6.07, 6.45) is 1.74. The van der Waals surface area contributed by atoms with Gasteiger partial charge in [0, 0.05) is 27.3 Å². The summed E-state index contributed by atoms with van der Waals surface area (Å²) >= 11 is 0. The maximum absolute atomic E-state index is 6.07. The molecule has 5 nitrogen and oxygen atoms in total. The van der Waals surface area contributed by atoms with Gasteiger partial charge in [-0.1, -0.05) is 30.3 Å². The van der Waals surface area contributed by atoms with Crippen molar-refractivity contribution < 1.29 is 25.8 Å². The Morgan fingerprint density at radius 1 is 0.828 bits per heavy atom. The molecule has 0 N–H and O–H groups in total. The SMILES string of the molecule is [Pt].[c-]1ccccc1-c1cccc(Oc2nn(-c3ccccn3)c3ccccc23)n1. The van der Waals surface area contributed by atoms with Crippen LogP contribution in [0.5, 0.6) is 11.8 Å². The Labute approximate surface area is 182 Å². The van der Waals surface area contributed by atoms with Gasteiger partial charge in [-0.2, -0.15) is 0 Å². The van der Waals surface area contributed by atoms with E-state index in [9.17, 15) is 0 Å². The van der Waals surface area contributed by atoms with Gasteiger partial charge in [-0.05, 0) is 36.0 Å². The molecule has 0 atom stereocenters. The second-order valence-corrected chi connectivity index (χ2v) is 6.16. The first kappa shape index (κ1) is 19.0.